The molecule has 0 spiro atoms. The van der Waals surface area contributed by atoms with Crippen LogP contribution in [0.1, 0.15) is 39.3 Å². The van der Waals surface area contributed by atoms with Crippen LogP contribution in [-0.2, 0) is 20.2 Å². The van der Waals surface area contributed by atoms with Crippen molar-refractivity contribution in [1.29, 1.82) is 0 Å². The molecular weight excluding hydrogens is 464 g/mol. The second-order valence-corrected chi connectivity index (χ2v) is 10.9. The molecule has 3 aromatic heterocycles. The van der Waals surface area contributed by atoms with Gasteiger partial charge in [-0.15, -0.1) is 11.3 Å². The lowest BCUT2D eigenvalue weighted by Gasteiger charge is -2.21. The number of aromatic nitrogens is 4. The van der Waals surface area contributed by atoms with Crippen LogP contribution in [0.15, 0.2) is 36.1 Å². The van der Waals surface area contributed by atoms with Crippen molar-refractivity contribution in [3.05, 3.63) is 41.8 Å². The van der Waals surface area contributed by atoms with Crippen LogP contribution in [0, 0.1) is 0 Å². The zero-order valence-electron chi connectivity index (χ0n) is 18.4. The molecule has 4 rings (SSSR count). The fourth-order valence-electron chi connectivity index (χ4n) is 2.90. The molecule has 1 fully saturated rings. The minimum Gasteiger partial charge on any atom is -0.477 e. The summed E-state index contributed by atoms with van der Waals surface area (Å²) in [4.78, 5) is 30.1. The number of nitrogens with zero attached hydrogens (tertiary/aromatic N) is 4. The number of carbonyl (C=O) groups is 1. The van der Waals surface area contributed by atoms with Gasteiger partial charge in [-0.1, -0.05) is 0 Å². The molecule has 0 radical (unpaired) electrons. The Morgan fingerprint density at radius 2 is 2.00 bits per heavy atom. The number of ether oxygens (including phenoxy) is 1. The maximum atomic E-state index is 13.0. The molecule has 2 N–H and O–H groups in total. The molecule has 1 amide bonds. The number of sulfonamides is 1. The van der Waals surface area contributed by atoms with Crippen LogP contribution in [0.25, 0.3) is 11.3 Å². The van der Waals surface area contributed by atoms with Crippen LogP contribution < -0.4 is 14.8 Å². The predicted octanol–water partition coefficient (Wildman–Crippen LogP) is 3.21. The zero-order valence-corrected chi connectivity index (χ0v) is 20.0. The van der Waals surface area contributed by atoms with Crippen molar-refractivity contribution in [2.24, 2.45) is 0 Å². The Bertz CT molecular complexity index is 1250. The molecule has 0 saturated heterocycles. The molecule has 3 aromatic rings. The quantitative estimate of drug-likeness (QED) is 0.469. The standard InChI is InChI=1S/C21H24N6O4S2/c1-4-31-18-11-22-10-15(24-18)13-5-8-17(23-9-13)26-19(28)21(2,3)16-12-32-20(25-16)27-33(29,30)14-6-7-14/h5,8-12,14H,4,6-7H2,1-3H3,(H,25,27)(H,23,26,28). The number of pyridine rings is 1. The zero-order chi connectivity index (χ0) is 23.6. The maximum Gasteiger partial charge on any atom is 0.237 e. The Morgan fingerprint density at radius 3 is 2.67 bits per heavy atom. The average Bonchev–Trinajstić information content (AvgIpc) is 3.55. The number of thiazole rings is 1. The first-order chi connectivity index (χ1) is 15.7. The van der Waals surface area contributed by atoms with E-state index in [9.17, 15) is 13.2 Å². The number of amides is 1. The summed E-state index contributed by atoms with van der Waals surface area (Å²) in [6.07, 6.45) is 6.07. The van der Waals surface area contributed by atoms with Crippen molar-refractivity contribution in [1.82, 2.24) is 19.9 Å². The lowest BCUT2D eigenvalue weighted by molar-refractivity contribution is -0.120. The Morgan fingerprint density at radius 1 is 1.21 bits per heavy atom. The van der Waals surface area contributed by atoms with Crippen molar-refractivity contribution in [3.8, 4) is 17.1 Å². The predicted molar refractivity (Wildman–Crippen MR) is 126 cm³/mol. The largest absolute Gasteiger partial charge is 0.477 e. The van der Waals surface area contributed by atoms with E-state index >= 15 is 0 Å². The van der Waals surface area contributed by atoms with E-state index in [4.69, 9.17) is 4.74 Å². The molecule has 1 aliphatic rings. The highest BCUT2D eigenvalue weighted by atomic mass is 32.2. The minimum atomic E-state index is -3.40. The van der Waals surface area contributed by atoms with Crippen LogP contribution in [0.3, 0.4) is 0 Å². The van der Waals surface area contributed by atoms with Crippen LogP contribution in [0.4, 0.5) is 10.9 Å². The number of rotatable bonds is 9. The lowest BCUT2D eigenvalue weighted by Crippen LogP contribution is -2.35. The van der Waals surface area contributed by atoms with E-state index in [1.54, 1.807) is 43.8 Å². The molecule has 10 nitrogen and oxygen atoms in total. The highest BCUT2D eigenvalue weighted by molar-refractivity contribution is 7.93. The van der Waals surface area contributed by atoms with Gasteiger partial charge in [0.25, 0.3) is 0 Å². The average molecular weight is 489 g/mol. The van der Waals surface area contributed by atoms with Crippen molar-refractivity contribution in [3.63, 3.8) is 0 Å². The number of hydrogen-bond donors (Lipinski definition) is 2. The lowest BCUT2D eigenvalue weighted by atomic mass is 9.89. The fourth-order valence-corrected chi connectivity index (χ4v) is 5.38. The van der Waals surface area contributed by atoms with Gasteiger partial charge >= 0.3 is 0 Å². The van der Waals surface area contributed by atoms with E-state index in [1.165, 1.54) is 6.20 Å². The molecule has 174 valence electrons. The van der Waals surface area contributed by atoms with Gasteiger partial charge in [-0.2, -0.15) is 0 Å². The highest BCUT2D eigenvalue weighted by Crippen LogP contribution is 2.33. The SMILES string of the molecule is CCOc1cncc(-c2ccc(NC(=O)C(C)(C)c3csc(NS(=O)(=O)C4CC4)n3)nc2)n1. The molecule has 12 heteroatoms. The van der Waals surface area contributed by atoms with Gasteiger partial charge in [-0.05, 0) is 45.7 Å². The van der Waals surface area contributed by atoms with E-state index in [0.29, 0.717) is 42.5 Å². The van der Waals surface area contributed by atoms with E-state index in [1.807, 2.05) is 6.92 Å². The Labute approximate surface area is 195 Å². The fraction of sp³-hybridized carbons (Fsp3) is 0.381. The van der Waals surface area contributed by atoms with Gasteiger partial charge < -0.3 is 10.1 Å². The van der Waals surface area contributed by atoms with Gasteiger partial charge in [0.2, 0.25) is 21.8 Å². The smallest absolute Gasteiger partial charge is 0.237 e. The molecule has 1 saturated carbocycles. The van der Waals surface area contributed by atoms with Crippen LogP contribution in [0.2, 0.25) is 0 Å². The monoisotopic (exact) mass is 488 g/mol. The van der Waals surface area contributed by atoms with Gasteiger partial charge in [-0.3, -0.25) is 14.5 Å². The summed E-state index contributed by atoms with van der Waals surface area (Å²) in [6, 6.07) is 3.46. The molecule has 33 heavy (non-hydrogen) atoms. The Balaban J connectivity index is 1.43. The number of hydrogen-bond acceptors (Lipinski definition) is 9. The van der Waals surface area contributed by atoms with Crippen LogP contribution in [-0.4, -0.2) is 46.1 Å². The summed E-state index contributed by atoms with van der Waals surface area (Å²) in [6.45, 7) is 5.80. The number of nitrogens with one attached hydrogen (secondary N) is 2. The third-order valence-electron chi connectivity index (χ3n) is 5.11. The van der Waals surface area contributed by atoms with Crippen LogP contribution >= 0.6 is 11.3 Å². The van der Waals surface area contributed by atoms with Crippen LogP contribution in [0.5, 0.6) is 5.88 Å². The minimum absolute atomic E-state index is 0.260. The normalized spacial score (nSPS) is 14.0. The van der Waals surface area contributed by atoms with E-state index in [0.717, 1.165) is 16.9 Å². The summed E-state index contributed by atoms with van der Waals surface area (Å²) in [5.74, 6) is 0.481. The summed E-state index contributed by atoms with van der Waals surface area (Å²) in [5, 5.41) is 4.39. The van der Waals surface area contributed by atoms with Crippen molar-refractivity contribution < 1.29 is 17.9 Å². The van der Waals surface area contributed by atoms with Crippen molar-refractivity contribution in [2.45, 2.75) is 44.3 Å². The van der Waals surface area contributed by atoms with Gasteiger partial charge in [0.15, 0.2) is 5.13 Å². The molecular formula is C21H24N6O4S2. The topological polar surface area (TPSA) is 136 Å². The molecule has 3 heterocycles. The third-order valence-corrected chi connectivity index (χ3v) is 7.82. The van der Waals surface area contributed by atoms with E-state index < -0.39 is 15.4 Å². The van der Waals surface area contributed by atoms with Crippen molar-refractivity contribution >= 4 is 38.2 Å². The van der Waals surface area contributed by atoms with Crippen molar-refractivity contribution in [2.75, 3.05) is 16.6 Å². The Kier molecular flexibility index (Phi) is 6.30. The van der Waals surface area contributed by atoms with Gasteiger partial charge in [0.05, 0.1) is 41.1 Å². The molecule has 0 atom stereocenters. The second-order valence-electron chi connectivity index (χ2n) is 8.07. The maximum absolute atomic E-state index is 13.0. The molecule has 0 aromatic carbocycles. The molecule has 1 aliphatic carbocycles. The number of carbonyl (C=O) groups excluding carboxylic acids is 1. The molecule has 0 aliphatic heterocycles. The second kappa shape index (κ2) is 9.02. The van der Waals surface area contributed by atoms with E-state index in [-0.39, 0.29) is 16.3 Å². The first kappa shape index (κ1) is 23.1. The molecule has 0 unspecified atom stereocenters. The van der Waals surface area contributed by atoms with Gasteiger partial charge in [-0.25, -0.2) is 23.4 Å². The first-order valence-corrected chi connectivity index (χ1v) is 12.8. The molecule has 0 bridgehead atoms. The highest BCUT2D eigenvalue weighted by Gasteiger charge is 2.37. The van der Waals surface area contributed by atoms with Gasteiger partial charge in [0.1, 0.15) is 5.82 Å². The van der Waals surface area contributed by atoms with Gasteiger partial charge in [0, 0.05) is 17.1 Å². The first-order valence-electron chi connectivity index (χ1n) is 10.4. The Hall–Kier alpha value is -3.12. The number of anilines is 2. The summed E-state index contributed by atoms with van der Waals surface area (Å²) < 4.78 is 32.1. The van der Waals surface area contributed by atoms with E-state index in [2.05, 4.69) is 30.0 Å². The summed E-state index contributed by atoms with van der Waals surface area (Å²) >= 11 is 1.16. The summed E-state index contributed by atoms with van der Waals surface area (Å²) in [5.41, 5.74) is 0.805. The summed E-state index contributed by atoms with van der Waals surface area (Å²) in [7, 11) is -3.40. The third kappa shape index (κ3) is 5.28.